The fourth-order valence-corrected chi connectivity index (χ4v) is 2.45. The zero-order valence-corrected chi connectivity index (χ0v) is 13.8. The lowest BCUT2D eigenvalue weighted by Gasteiger charge is -2.08. The SMILES string of the molecule is Cc1cc(NC(=O)C(F)(F)F)cc2nc(-c3ccc(Br)cc3)oc12. The average Bonchev–Trinajstić information content (AvgIpc) is 2.91. The molecular formula is C16H10BrF3N2O2. The number of aromatic nitrogens is 1. The van der Waals surface area contributed by atoms with Crippen molar-refractivity contribution >= 4 is 38.6 Å². The van der Waals surface area contributed by atoms with Crippen LogP contribution in [-0.4, -0.2) is 17.1 Å². The summed E-state index contributed by atoms with van der Waals surface area (Å²) >= 11 is 3.33. The lowest BCUT2D eigenvalue weighted by atomic mass is 10.2. The van der Waals surface area contributed by atoms with Gasteiger partial charge in [0.05, 0.1) is 0 Å². The van der Waals surface area contributed by atoms with Crippen molar-refractivity contribution in [2.45, 2.75) is 13.1 Å². The van der Waals surface area contributed by atoms with E-state index in [1.54, 1.807) is 19.1 Å². The molecule has 0 fully saturated rings. The van der Waals surface area contributed by atoms with Crippen LogP contribution in [0.25, 0.3) is 22.6 Å². The number of oxazole rings is 1. The van der Waals surface area contributed by atoms with Crippen molar-refractivity contribution in [3.63, 3.8) is 0 Å². The normalized spacial score (nSPS) is 11.7. The molecule has 0 spiro atoms. The van der Waals surface area contributed by atoms with Crippen LogP contribution in [0.15, 0.2) is 45.3 Å². The Labute approximate surface area is 142 Å². The van der Waals surface area contributed by atoms with Crippen LogP contribution < -0.4 is 5.32 Å². The summed E-state index contributed by atoms with van der Waals surface area (Å²) in [5.41, 5.74) is 2.14. The average molecular weight is 399 g/mol. The second kappa shape index (κ2) is 5.94. The number of fused-ring (bicyclic) bond motifs is 1. The molecule has 0 saturated carbocycles. The number of halogens is 4. The predicted molar refractivity (Wildman–Crippen MR) is 86.6 cm³/mol. The smallest absolute Gasteiger partial charge is 0.436 e. The highest BCUT2D eigenvalue weighted by molar-refractivity contribution is 9.10. The van der Waals surface area contributed by atoms with Crippen LogP contribution in [0.4, 0.5) is 18.9 Å². The number of hydrogen-bond donors (Lipinski definition) is 1. The molecule has 1 heterocycles. The molecule has 0 aliphatic carbocycles. The molecule has 0 unspecified atom stereocenters. The minimum atomic E-state index is -4.95. The monoisotopic (exact) mass is 398 g/mol. The lowest BCUT2D eigenvalue weighted by molar-refractivity contribution is -0.167. The Bertz CT molecular complexity index is 917. The van der Waals surface area contributed by atoms with Crippen LogP contribution in [0, 0.1) is 6.92 Å². The van der Waals surface area contributed by atoms with Crippen LogP contribution in [0.2, 0.25) is 0 Å². The molecular weight excluding hydrogens is 389 g/mol. The summed E-state index contributed by atoms with van der Waals surface area (Å²) in [5.74, 6) is -1.68. The number of alkyl halides is 3. The number of carbonyl (C=O) groups excluding carboxylic acids is 1. The van der Waals surface area contributed by atoms with Crippen LogP contribution >= 0.6 is 15.9 Å². The Morgan fingerprint density at radius 2 is 1.88 bits per heavy atom. The summed E-state index contributed by atoms with van der Waals surface area (Å²) in [6, 6.07) is 10.0. The molecule has 0 saturated heterocycles. The number of benzene rings is 2. The quantitative estimate of drug-likeness (QED) is 0.655. The van der Waals surface area contributed by atoms with Crippen molar-refractivity contribution in [3.05, 3.63) is 46.4 Å². The topological polar surface area (TPSA) is 55.1 Å². The van der Waals surface area contributed by atoms with Gasteiger partial charge in [0, 0.05) is 15.7 Å². The molecule has 3 aromatic rings. The van der Waals surface area contributed by atoms with Gasteiger partial charge in [-0.25, -0.2) is 4.98 Å². The van der Waals surface area contributed by atoms with Gasteiger partial charge in [0.15, 0.2) is 5.58 Å². The van der Waals surface area contributed by atoms with E-state index in [1.165, 1.54) is 12.1 Å². The highest BCUT2D eigenvalue weighted by atomic mass is 79.9. The van der Waals surface area contributed by atoms with E-state index in [1.807, 2.05) is 17.4 Å². The molecule has 1 aromatic heterocycles. The molecule has 8 heteroatoms. The fourth-order valence-electron chi connectivity index (χ4n) is 2.19. The zero-order valence-electron chi connectivity index (χ0n) is 12.2. The van der Waals surface area contributed by atoms with Gasteiger partial charge in [-0.15, -0.1) is 0 Å². The van der Waals surface area contributed by atoms with Crippen molar-refractivity contribution in [2.75, 3.05) is 5.32 Å². The maximum atomic E-state index is 12.4. The van der Waals surface area contributed by atoms with Gasteiger partial charge in [-0.1, -0.05) is 15.9 Å². The largest absolute Gasteiger partial charge is 0.471 e. The number of aryl methyl sites for hydroxylation is 1. The van der Waals surface area contributed by atoms with Gasteiger partial charge in [0.1, 0.15) is 5.52 Å². The van der Waals surface area contributed by atoms with Crippen molar-refractivity contribution in [1.29, 1.82) is 0 Å². The second-order valence-electron chi connectivity index (χ2n) is 5.12. The first-order chi connectivity index (χ1) is 11.2. The molecule has 0 radical (unpaired) electrons. The molecule has 2 aromatic carbocycles. The van der Waals surface area contributed by atoms with E-state index in [0.717, 1.165) is 10.0 Å². The minimum Gasteiger partial charge on any atom is -0.436 e. The van der Waals surface area contributed by atoms with Crippen molar-refractivity contribution < 1.29 is 22.4 Å². The summed E-state index contributed by atoms with van der Waals surface area (Å²) in [4.78, 5) is 15.3. The Balaban J connectivity index is 1.99. The standard InChI is InChI=1S/C16H10BrF3N2O2/c1-8-6-11(21-15(23)16(18,19)20)7-12-13(8)24-14(22-12)9-2-4-10(17)5-3-9/h2-7H,1H3,(H,21,23). The fraction of sp³-hybridized carbons (Fsp3) is 0.125. The van der Waals surface area contributed by atoms with Crippen molar-refractivity contribution in [3.8, 4) is 11.5 Å². The van der Waals surface area contributed by atoms with Gasteiger partial charge < -0.3 is 9.73 Å². The molecule has 1 N–H and O–H groups in total. The number of rotatable bonds is 2. The van der Waals surface area contributed by atoms with Gasteiger partial charge in [-0.05, 0) is 48.9 Å². The molecule has 24 heavy (non-hydrogen) atoms. The molecule has 124 valence electrons. The molecule has 0 aliphatic rings. The summed E-state index contributed by atoms with van der Waals surface area (Å²) in [7, 11) is 0. The van der Waals surface area contributed by atoms with Gasteiger partial charge >= 0.3 is 12.1 Å². The number of anilines is 1. The first-order valence-corrected chi connectivity index (χ1v) is 7.58. The van der Waals surface area contributed by atoms with E-state index in [-0.39, 0.29) is 5.69 Å². The predicted octanol–water partition coefficient (Wildman–Crippen LogP) is 5.07. The van der Waals surface area contributed by atoms with Gasteiger partial charge in [-0.3, -0.25) is 4.79 Å². The summed E-state index contributed by atoms with van der Waals surface area (Å²) in [6.45, 7) is 1.67. The molecule has 1 amide bonds. The van der Waals surface area contributed by atoms with E-state index in [2.05, 4.69) is 20.9 Å². The van der Waals surface area contributed by atoms with E-state index >= 15 is 0 Å². The van der Waals surface area contributed by atoms with E-state index in [9.17, 15) is 18.0 Å². The number of nitrogens with zero attached hydrogens (tertiary/aromatic N) is 1. The van der Waals surface area contributed by atoms with Gasteiger partial charge in [0.2, 0.25) is 5.89 Å². The third-order valence-corrected chi connectivity index (χ3v) is 3.81. The molecule has 4 nitrogen and oxygen atoms in total. The molecule has 0 bridgehead atoms. The van der Waals surface area contributed by atoms with E-state index in [0.29, 0.717) is 22.6 Å². The Hall–Kier alpha value is -2.35. The zero-order chi connectivity index (χ0) is 17.5. The molecule has 3 rings (SSSR count). The third-order valence-electron chi connectivity index (χ3n) is 3.28. The highest BCUT2D eigenvalue weighted by Crippen LogP contribution is 2.30. The van der Waals surface area contributed by atoms with E-state index in [4.69, 9.17) is 4.42 Å². The number of carbonyl (C=O) groups is 1. The van der Waals surface area contributed by atoms with Gasteiger partial charge in [-0.2, -0.15) is 13.2 Å². The molecule has 0 atom stereocenters. The van der Waals surface area contributed by atoms with Crippen LogP contribution in [0.5, 0.6) is 0 Å². The summed E-state index contributed by atoms with van der Waals surface area (Å²) < 4.78 is 43.7. The second-order valence-corrected chi connectivity index (χ2v) is 6.03. The third kappa shape index (κ3) is 3.28. The minimum absolute atomic E-state index is 0.0120. The van der Waals surface area contributed by atoms with Crippen LogP contribution in [0.1, 0.15) is 5.56 Å². The van der Waals surface area contributed by atoms with Crippen molar-refractivity contribution in [1.82, 2.24) is 4.98 Å². The van der Waals surface area contributed by atoms with E-state index < -0.39 is 12.1 Å². The van der Waals surface area contributed by atoms with Crippen molar-refractivity contribution in [2.24, 2.45) is 0 Å². The number of hydrogen-bond acceptors (Lipinski definition) is 3. The Morgan fingerprint density at radius 3 is 2.50 bits per heavy atom. The van der Waals surface area contributed by atoms with Crippen LogP contribution in [0.3, 0.4) is 0 Å². The maximum absolute atomic E-state index is 12.4. The summed E-state index contributed by atoms with van der Waals surface area (Å²) in [6.07, 6.45) is -4.95. The molecule has 0 aliphatic heterocycles. The number of nitrogens with one attached hydrogen (secondary N) is 1. The van der Waals surface area contributed by atoms with Crippen LogP contribution in [-0.2, 0) is 4.79 Å². The van der Waals surface area contributed by atoms with Gasteiger partial charge in [0.25, 0.3) is 0 Å². The first kappa shape index (κ1) is 16.5. The lowest BCUT2D eigenvalue weighted by Crippen LogP contribution is -2.29. The maximum Gasteiger partial charge on any atom is 0.471 e. The highest BCUT2D eigenvalue weighted by Gasteiger charge is 2.38. The first-order valence-electron chi connectivity index (χ1n) is 6.79. The Morgan fingerprint density at radius 1 is 1.21 bits per heavy atom. The Kier molecular flexibility index (Phi) is 4.08. The summed E-state index contributed by atoms with van der Waals surface area (Å²) in [5, 5.41) is 1.82. The number of amides is 1.